The first-order valence-corrected chi connectivity index (χ1v) is 6.74. The Kier molecular flexibility index (Phi) is 11.8. The summed E-state index contributed by atoms with van der Waals surface area (Å²) in [5, 5.41) is 2.97. The minimum absolute atomic E-state index is 0. The van der Waals surface area contributed by atoms with Gasteiger partial charge in [0.25, 0.3) is 0 Å². The summed E-state index contributed by atoms with van der Waals surface area (Å²) < 4.78 is 5.23. The Morgan fingerprint density at radius 1 is 1.40 bits per heavy atom. The first-order valence-electron chi connectivity index (χ1n) is 6.74. The minimum Gasteiger partial charge on any atom is -0.444 e. The first-order chi connectivity index (χ1) is 8.76. The number of halogens is 1. The summed E-state index contributed by atoms with van der Waals surface area (Å²) in [6.45, 7) is 9.43. The Morgan fingerprint density at radius 3 is 2.50 bits per heavy atom. The molecule has 0 aliphatic rings. The van der Waals surface area contributed by atoms with E-state index in [0.717, 1.165) is 19.4 Å². The van der Waals surface area contributed by atoms with Gasteiger partial charge in [-0.15, -0.1) is 24.0 Å². The van der Waals surface area contributed by atoms with E-state index < -0.39 is 5.60 Å². The van der Waals surface area contributed by atoms with Crippen LogP contribution in [0.1, 0.15) is 40.5 Å². The number of amides is 1. The number of carbonyl (C=O) groups excluding carboxylic acids is 1. The zero-order valence-electron chi connectivity index (χ0n) is 13.2. The number of unbranched alkanes of at least 4 members (excludes halogenated alkanes) is 1. The van der Waals surface area contributed by atoms with E-state index in [4.69, 9.17) is 10.5 Å². The molecule has 120 valence electrons. The van der Waals surface area contributed by atoms with Crippen molar-refractivity contribution in [3.05, 3.63) is 0 Å². The van der Waals surface area contributed by atoms with Crippen LogP contribution in [0.3, 0.4) is 0 Å². The molecule has 0 aliphatic carbocycles. The summed E-state index contributed by atoms with van der Waals surface area (Å²) in [4.78, 5) is 17.3. The van der Waals surface area contributed by atoms with Gasteiger partial charge in [0.2, 0.25) is 0 Å². The molecule has 0 spiro atoms. The topological polar surface area (TPSA) is 80.0 Å². The maximum absolute atomic E-state index is 11.7. The second-order valence-corrected chi connectivity index (χ2v) is 5.45. The van der Waals surface area contributed by atoms with Crippen molar-refractivity contribution in [1.29, 1.82) is 0 Å². The molecular weight excluding hydrogens is 371 g/mol. The highest BCUT2D eigenvalue weighted by molar-refractivity contribution is 14.0. The minimum atomic E-state index is -0.473. The summed E-state index contributed by atoms with van der Waals surface area (Å²) in [7, 11) is 1.69. The molecule has 7 heteroatoms. The Hall–Kier alpha value is -0.730. The van der Waals surface area contributed by atoms with Crippen LogP contribution in [-0.4, -0.2) is 49.2 Å². The predicted molar refractivity (Wildman–Crippen MR) is 93.7 cm³/mol. The average molecular weight is 400 g/mol. The number of ether oxygens (including phenoxy) is 1. The molecule has 3 N–H and O–H groups in total. The van der Waals surface area contributed by atoms with Crippen LogP contribution in [0.15, 0.2) is 4.99 Å². The van der Waals surface area contributed by atoms with Crippen LogP contribution >= 0.6 is 24.0 Å². The molecule has 0 aromatic rings. The van der Waals surface area contributed by atoms with Gasteiger partial charge in [-0.2, -0.15) is 0 Å². The molecule has 0 bridgehead atoms. The van der Waals surface area contributed by atoms with Crippen molar-refractivity contribution < 1.29 is 9.53 Å². The van der Waals surface area contributed by atoms with Gasteiger partial charge in [-0.3, -0.25) is 4.99 Å². The monoisotopic (exact) mass is 400 g/mol. The molecule has 0 rings (SSSR count). The van der Waals surface area contributed by atoms with Crippen LogP contribution in [0, 0.1) is 0 Å². The van der Waals surface area contributed by atoms with Crippen molar-refractivity contribution in [3.63, 3.8) is 0 Å². The highest BCUT2D eigenvalue weighted by Gasteiger charge is 2.19. The molecule has 0 aromatic heterocycles. The fourth-order valence-electron chi connectivity index (χ4n) is 1.20. The Labute approximate surface area is 139 Å². The fraction of sp³-hybridized carbons (Fsp3) is 0.846. The predicted octanol–water partition coefficient (Wildman–Crippen LogP) is 2.18. The number of rotatable bonds is 6. The fourth-order valence-corrected chi connectivity index (χ4v) is 1.20. The lowest BCUT2D eigenvalue weighted by atomic mass is 10.2. The van der Waals surface area contributed by atoms with Gasteiger partial charge in [0.1, 0.15) is 5.60 Å². The van der Waals surface area contributed by atoms with E-state index >= 15 is 0 Å². The quantitative estimate of drug-likeness (QED) is 0.310. The van der Waals surface area contributed by atoms with Crippen LogP contribution in [0.2, 0.25) is 0 Å². The number of likely N-dealkylation sites (N-methyl/N-ethyl adjacent to an activating group) is 1. The zero-order valence-corrected chi connectivity index (χ0v) is 15.6. The van der Waals surface area contributed by atoms with Crippen LogP contribution in [-0.2, 0) is 4.74 Å². The Balaban J connectivity index is 0. The number of hydrogen-bond acceptors (Lipinski definition) is 3. The van der Waals surface area contributed by atoms with Crippen molar-refractivity contribution in [2.75, 3.05) is 26.7 Å². The maximum Gasteiger partial charge on any atom is 0.410 e. The number of carbonyl (C=O) groups is 1. The number of nitrogens with one attached hydrogen (secondary N) is 1. The van der Waals surface area contributed by atoms with Crippen molar-refractivity contribution >= 4 is 36.0 Å². The third-order valence-corrected chi connectivity index (χ3v) is 2.25. The van der Waals surface area contributed by atoms with Crippen molar-refractivity contribution in [2.24, 2.45) is 10.7 Å². The maximum atomic E-state index is 11.7. The molecule has 0 radical (unpaired) electrons. The highest BCUT2D eigenvalue weighted by atomic mass is 127. The van der Waals surface area contributed by atoms with E-state index in [1.165, 1.54) is 4.90 Å². The number of nitrogens with two attached hydrogens (primary N) is 1. The van der Waals surface area contributed by atoms with E-state index in [-0.39, 0.29) is 30.1 Å². The summed E-state index contributed by atoms with van der Waals surface area (Å²) in [5.41, 5.74) is 5.21. The van der Waals surface area contributed by atoms with Gasteiger partial charge < -0.3 is 20.7 Å². The van der Waals surface area contributed by atoms with Gasteiger partial charge in [0, 0.05) is 26.7 Å². The number of nitrogens with zero attached hydrogens (tertiary/aromatic N) is 2. The van der Waals surface area contributed by atoms with Gasteiger partial charge in [-0.25, -0.2) is 4.79 Å². The van der Waals surface area contributed by atoms with Crippen molar-refractivity contribution in [3.8, 4) is 0 Å². The van der Waals surface area contributed by atoms with Gasteiger partial charge in [0.05, 0.1) is 0 Å². The van der Waals surface area contributed by atoms with Gasteiger partial charge in [0.15, 0.2) is 5.96 Å². The molecule has 0 atom stereocenters. The van der Waals surface area contributed by atoms with E-state index in [9.17, 15) is 4.79 Å². The van der Waals surface area contributed by atoms with Crippen molar-refractivity contribution in [2.45, 2.75) is 46.1 Å². The standard InChI is InChI=1S/C13H28N4O2.HI/c1-6-7-8-15-11(14)16-9-10-17(5)12(18)19-13(2,3)4;/h6-10H2,1-5H3,(H3,14,15,16);1H. The first kappa shape index (κ1) is 21.6. The average Bonchev–Trinajstić information content (AvgIpc) is 2.27. The molecule has 0 aliphatic heterocycles. The summed E-state index contributed by atoms with van der Waals surface area (Å²) >= 11 is 0. The van der Waals surface area contributed by atoms with Gasteiger partial charge in [-0.05, 0) is 27.2 Å². The lowest BCUT2D eigenvalue weighted by Gasteiger charge is -2.24. The van der Waals surface area contributed by atoms with Crippen LogP contribution in [0.4, 0.5) is 4.79 Å². The lowest BCUT2D eigenvalue weighted by Crippen LogP contribution is -2.41. The molecule has 0 saturated carbocycles. The van der Waals surface area contributed by atoms with Gasteiger partial charge >= 0.3 is 6.09 Å². The zero-order chi connectivity index (χ0) is 14.9. The number of aliphatic imine (C=N–C) groups is 1. The normalized spacial score (nSPS) is 11.6. The largest absolute Gasteiger partial charge is 0.444 e. The summed E-state index contributed by atoms with van der Waals surface area (Å²) in [6, 6.07) is 0. The molecule has 6 nitrogen and oxygen atoms in total. The Morgan fingerprint density at radius 2 is 2.00 bits per heavy atom. The highest BCUT2D eigenvalue weighted by Crippen LogP contribution is 2.08. The van der Waals surface area contributed by atoms with E-state index in [2.05, 4.69) is 17.2 Å². The molecule has 0 aromatic carbocycles. The smallest absolute Gasteiger partial charge is 0.410 e. The van der Waals surface area contributed by atoms with Gasteiger partial charge in [-0.1, -0.05) is 13.3 Å². The molecule has 0 heterocycles. The third kappa shape index (κ3) is 12.3. The number of hydrogen-bond donors (Lipinski definition) is 2. The van der Waals surface area contributed by atoms with E-state index in [1.54, 1.807) is 7.05 Å². The van der Waals surface area contributed by atoms with E-state index in [0.29, 0.717) is 19.0 Å². The second-order valence-electron chi connectivity index (χ2n) is 5.45. The third-order valence-electron chi connectivity index (χ3n) is 2.25. The van der Waals surface area contributed by atoms with Crippen LogP contribution < -0.4 is 11.1 Å². The van der Waals surface area contributed by atoms with Crippen LogP contribution in [0.25, 0.3) is 0 Å². The van der Waals surface area contributed by atoms with E-state index in [1.807, 2.05) is 20.8 Å². The van der Waals surface area contributed by atoms with Crippen molar-refractivity contribution in [1.82, 2.24) is 10.2 Å². The molecule has 0 unspecified atom stereocenters. The molecule has 0 fully saturated rings. The SMILES string of the molecule is CCCCN=C(N)NCCN(C)C(=O)OC(C)(C)C.I. The van der Waals surface area contributed by atoms with Crippen LogP contribution in [0.5, 0.6) is 0 Å². The molecule has 20 heavy (non-hydrogen) atoms. The molecular formula is C13H29IN4O2. The summed E-state index contributed by atoms with van der Waals surface area (Å²) in [6.07, 6.45) is 1.79. The Bertz CT molecular complexity index is 303. The lowest BCUT2D eigenvalue weighted by molar-refractivity contribution is 0.0302. The second kappa shape index (κ2) is 11.0. The number of guanidine groups is 1. The molecule has 1 amide bonds. The summed E-state index contributed by atoms with van der Waals surface area (Å²) in [5.74, 6) is 0.422. The molecule has 0 saturated heterocycles.